The Morgan fingerprint density at radius 2 is 1.78 bits per heavy atom. The average Bonchev–Trinajstić information content (AvgIpc) is 3.44. The van der Waals surface area contributed by atoms with Crippen molar-refractivity contribution in [3.63, 3.8) is 0 Å². The molecule has 1 N–H and O–H groups in total. The molecule has 0 aliphatic heterocycles. The van der Waals surface area contributed by atoms with Crippen LogP contribution < -0.4 is 4.74 Å². The highest BCUT2D eigenvalue weighted by molar-refractivity contribution is 6.30. The summed E-state index contributed by atoms with van der Waals surface area (Å²) in [7, 11) is 0. The summed E-state index contributed by atoms with van der Waals surface area (Å²) in [6.45, 7) is 2.11. The molecular formula is C22H20O5. The lowest BCUT2D eigenvalue weighted by molar-refractivity contribution is -0.136. The molecule has 138 valence electrons. The minimum Gasteiger partial charge on any atom is -0.507 e. The number of phenols is 1. The SMILES string of the molecule is CCCC[C@H]1C[C@H]1C(=O)Oc1cccc2c1C(=O)c1c(O)cccc1C2=O. The van der Waals surface area contributed by atoms with Crippen LogP contribution >= 0.6 is 0 Å². The number of esters is 1. The summed E-state index contributed by atoms with van der Waals surface area (Å²) in [5.41, 5.74) is 0.376. The van der Waals surface area contributed by atoms with Gasteiger partial charge < -0.3 is 9.84 Å². The molecule has 0 spiro atoms. The summed E-state index contributed by atoms with van der Waals surface area (Å²) >= 11 is 0. The molecule has 2 aliphatic rings. The van der Waals surface area contributed by atoms with Gasteiger partial charge in [0, 0.05) is 11.1 Å². The van der Waals surface area contributed by atoms with Gasteiger partial charge in [-0.15, -0.1) is 0 Å². The fourth-order valence-corrected chi connectivity index (χ4v) is 3.78. The van der Waals surface area contributed by atoms with Gasteiger partial charge >= 0.3 is 5.97 Å². The number of carbonyl (C=O) groups excluding carboxylic acids is 3. The van der Waals surface area contributed by atoms with E-state index in [0.29, 0.717) is 5.92 Å². The zero-order chi connectivity index (χ0) is 19.1. The number of aromatic hydroxyl groups is 1. The highest BCUT2D eigenvalue weighted by Gasteiger charge is 2.44. The summed E-state index contributed by atoms with van der Waals surface area (Å²) in [4.78, 5) is 38.2. The number of fused-ring (bicyclic) bond motifs is 2. The minimum atomic E-state index is -0.501. The fourth-order valence-electron chi connectivity index (χ4n) is 3.78. The van der Waals surface area contributed by atoms with Crippen molar-refractivity contribution in [3.05, 3.63) is 58.7 Å². The van der Waals surface area contributed by atoms with Crippen LogP contribution in [0, 0.1) is 11.8 Å². The molecule has 2 atom stereocenters. The van der Waals surface area contributed by atoms with Crippen LogP contribution in [0.3, 0.4) is 0 Å². The topological polar surface area (TPSA) is 80.7 Å². The first-order chi connectivity index (χ1) is 13.0. The number of rotatable bonds is 5. The van der Waals surface area contributed by atoms with Gasteiger partial charge in [0.05, 0.1) is 17.0 Å². The van der Waals surface area contributed by atoms with E-state index in [2.05, 4.69) is 6.92 Å². The minimum absolute atomic E-state index is 0.0363. The van der Waals surface area contributed by atoms with E-state index < -0.39 is 5.78 Å². The number of carbonyl (C=O) groups is 3. The first kappa shape index (κ1) is 17.5. The Balaban J connectivity index is 1.64. The van der Waals surface area contributed by atoms with E-state index in [1.54, 1.807) is 12.1 Å². The molecule has 2 aromatic carbocycles. The molecule has 1 fully saturated rings. The van der Waals surface area contributed by atoms with Crippen molar-refractivity contribution < 1.29 is 24.2 Å². The summed E-state index contributed by atoms with van der Waals surface area (Å²) in [6.07, 6.45) is 3.98. The molecule has 0 aromatic heterocycles. The average molecular weight is 364 g/mol. The molecule has 2 aromatic rings. The van der Waals surface area contributed by atoms with E-state index in [9.17, 15) is 19.5 Å². The molecule has 0 heterocycles. The normalized spacial score (nSPS) is 20.0. The molecule has 0 unspecified atom stereocenters. The van der Waals surface area contributed by atoms with E-state index in [0.717, 1.165) is 25.7 Å². The standard InChI is InChI=1S/C22H20O5/c1-2-3-6-12-11-15(12)22(26)27-17-10-5-8-14-19(17)21(25)18-13(20(14)24)7-4-9-16(18)23/h4-5,7-10,12,15,23H,2-3,6,11H2,1H3/t12-,15+/m0/s1. The molecular weight excluding hydrogens is 344 g/mol. The van der Waals surface area contributed by atoms with Gasteiger partial charge in [0.15, 0.2) is 5.78 Å². The highest BCUT2D eigenvalue weighted by Crippen LogP contribution is 2.44. The molecule has 0 radical (unpaired) electrons. The van der Waals surface area contributed by atoms with Gasteiger partial charge in [0.2, 0.25) is 5.78 Å². The van der Waals surface area contributed by atoms with Gasteiger partial charge in [-0.1, -0.05) is 44.0 Å². The number of hydrogen-bond donors (Lipinski definition) is 1. The Morgan fingerprint density at radius 3 is 2.52 bits per heavy atom. The first-order valence-electron chi connectivity index (χ1n) is 9.29. The van der Waals surface area contributed by atoms with Crippen LogP contribution in [-0.2, 0) is 4.79 Å². The van der Waals surface area contributed by atoms with Gasteiger partial charge in [-0.3, -0.25) is 14.4 Å². The van der Waals surface area contributed by atoms with E-state index in [4.69, 9.17) is 4.74 Å². The van der Waals surface area contributed by atoms with E-state index in [-0.39, 0.29) is 51.4 Å². The lowest BCUT2D eigenvalue weighted by Crippen LogP contribution is -2.23. The molecule has 5 heteroatoms. The summed E-state index contributed by atoms with van der Waals surface area (Å²) in [6, 6.07) is 9.07. The van der Waals surface area contributed by atoms with Gasteiger partial charge in [-0.25, -0.2) is 0 Å². The third-order valence-corrected chi connectivity index (χ3v) is 5.38. The second-order valence-corrected chi connectivity index (χ2v) is 7.20. The molecule has 4 rings (SSSR count). The Labute approximate surface area is 157 Å². The maximum Gasteiger partial charge on any atom is 0.314 e. The van der Waals surface area contributed by atoms with Crippen LogP contribution in [-0.4, -0.2) is 22.6 Å². The second-order valence-electron chi connectivity index (χ2n) is 7.20. The number of benzene rings is 2. The molecule has 5 nitrogen and oxygen atoms in total. The summed E-state index contributed by atoms with van der Waals surface area (Å²) < 4.78 is 5.53. The van der Waals surface area contributed by atoms with Crippen LogP contribution in [0.1, 0.15) is 64.4 Å². The highest BCUT2D eigenvalue weighted by atomic mass is 16.5. The molecule has 0 saturated heterocycles. The third kappa shape index (κ3) is 2.93. The smallest absolute Gasteiger partial charge is 0.314 e. The number of phenolic OH excluding ortho intramolecular Hbond substituents is 1. The number of ether oxygens (including phenoxy) is 1. The molecule has 0 bridgehead atoms. The van der Waals surface area contributed by atoms with Crippen molar-refractivity contribution in [2.75, 3.05) is 0 Å². The Bertz CT molecular complexity index is 959. The Hall–Kier alpha value is -2.95. The molecule has 0 amide bonds. The van der Waals surface area contributed by atoms with Crippen molar-refractivity contribution in [1.29, 1.82) is 0 Å². The third-order valence-electron chi connectivity index (χ3n) is 5.38. The zero-order valence-corrected chi connectivity index (χ0v) is 15.0. The van der Waals surface area contributed by atoms with Crippen LogP contribution in [0.15, 0.2) is 36.4 Å². The maximum absolute atomic E-state index is 13.0. The second kappa shape index (κ2) is 6.65. The van der Waals surface area contributed by atoms with Gasteiger partial charge in [-0.2, -0.15) is 0 Å². The monoisotopic (exact) mass is 364 g/mol. The van der Waals surface area contributed by atoms with Gasteiger partial charge in [0.1, 0.15) is 11.5 Å². The predicted octanol–water partition coefficient (Wildman–Crippen LogP) is 3.90. The Morgan fingerprint density at radius 1 is 1.07 bits per heavy atom. The fraction of sp³-hybridized carbons (Fsp3) is 0.318. The quantitative estimate of drug-likeness (QED) is 0.548. The first-order valence-corrected chi connectivity index (χ1v) is 9.29. The molecule has 27 heavy (non-hydrogen) atoms. The van der Waals surface area contributed by atoms with Crippen LogP contribution in [0.4, 0.5) is 0 Å². The number of ketones is 2. The number of unbranched alkanes of at least 4 members (excludes halogenated alkanes) is 1. The summed E-state index contributed by atoms with van der Waals surface area (Å²) in [5.74, 6) is -1.17. The van der Waals surface area contributed by atoms with Crippen LogP contribution in [0.5, 0.6) is 11.5 Å². The van der Waals surface area contributed by atoms with E-state index in [1.165, 1.54) is 24.3 Å². The van der Waals surface area contributed by atoms with Gasteiger partial charge in [0.25, 0.3) is 0 Å². The van der Waals surface area contributed by atoms with E-state index in [1.807, 2.05) is 0 Å². The molecule has 1 saturated carbocycles. The van der Waals surface area contributed by atoms with Crippen LogP contribution in [0.2, 0.25) is 0 Å². The van der Waals surface area contributed by atoms with Crippen molar-refractivity contribution >= 4 is 17.5 Å². The summed E-state index contributed by atoms with van der Waals surface area (Å²) in [5, 5.41) is 10.1. The van der Waals surface area contributed by atoms with Crippen molar-refractivity contribution in [1.82, 2.24) is 0 Å². The maximum atomic E-state index is 13.0. The van der Waals surface area contributed by atoms with Crippen molar-refractivity contribution in [3.8, 4) is 11.5 Å². The van der Waals surface area contributed by atoms with Gasteiger partial charge in [-0.05, 0) is 30.9 Å². The lowest BCUT2D eigenvalue weighted by atomic mass is 9.83. The van der Waals surface area contributed by atoms with Crippen molar-refractivity contribution in [2.24, 2.45) is 11.8 Å². The largest absolute Gasteiger partial charge is 0.507 e. The zero-order valence-electron chi connectivity index (χ0n) is 15.0. The molecule has 2 aliphatic carbocycles. The lowest BCUT2D eigenvalue weighted by Gasteiger charge is -2.20. The predicted molar refractivity (Wildman–Crippen MR) is 98.2 cm³/mol. The van der Waals surface area contributed by atoms with E-state index >= 15 is 0 Å². The van der Waals surface area contributed by atoms with Crippen LogP contribution in [0.25, 0.3) is 0 Å². The Kier molecular flexibility index (Phi) is 4.30. The number of hydrogen-bond acceptors (Lipinski definition) is 5. The van der Waals surface area contributed by atoms with Crippen molar-refractivity contribution in [2.45, 2.75) is 32.6 Å².